The molecule has 3 aromatic rings. The van der Waals surface area contributed by atoms with Crippen molar-refractivity contribution in [3.05, 3.63) is 64.8 Å². The molecule has 0 fully saturated rings. The Morgan fingerprint density at radius 3 is 2.50 bits per heavy atom. The van der Waals surface area contributed by atoms with Crippen LogP contribution in [0.25, 0.3) is 22.0 Å². The van der Waals surface area contributed by atoms with Crippen molar-refractivity contribution in [3.63, 3.8) is 0 Å². The van der Waals surface area contributed by atoms with Crippen LogP contribution in [-0.4, -0.2) is 4.98 Å². The van der Waals surface area contributed by atoms with Gasteiger partial charge in [-0.1, -0.05) is 37.1 Å². The van der Waals surface area contributed by atoms with Gasteiger partial charge in [-0.15, -0.1) is 0 Å². The van der Waals surface area contributed by atoms with Gasteiger partial charge in [0, 0.05) is 17.1 Å². The molecule has 22 heavy (non-hydrogen) atoms. The molecule has 112 valence electrons. The molecule has 1 nitrogen and oxygen atoms in total. The summed E-state index contributed by atoms with van der Waals surface area (Å²) >= 11 is 0. The predicted molar refractivity (Wildman–Crippen MR) is 95.5 cm³/mol. The molecular weight excluding hydrogens is 266 g/mol. The lowest BCUT2D eigenvalue weighted by Gasteiger charge is -2.14. The van der Waals surface area contributed by atoms with Gasteiger partial charge >= 0.3 is 0 Å². The van der Waals surface area contributed by atoms with Crippen LogP contribution in [0, 0.1) is 20.8 Å². The molecule has 1 heterocycles. The first-order valence-corrected chi connectivity index (χ1v) is 7.70. The van der Waals surface area contributed by atoms with Crippen LogP contribution in [0.3, 0.4) is 0 Å². The highest BCUT2D eigenvalue weighted by molar-refractivity contribution is 5.95. The molecule has 0 atom stereocenters. The number of hydrogen-bond donors (Lipinski definition) is 0. The quantitative estimate of drug-likeness (QED) is 0.568. The topological polar surface area (TPSA) is 12.9 Å². The smallest absolute Gasteiger partial charge is 0.0840 e. The molecule has 0 saturated heterocycles. The van der Waals surface area contributed by atoms with E-state index in [-0.39, 0.29) is 12.2 Å². The summed E-state index contributed by atoms with van der Waals surface area (Å²) in [4.78, 5) is 4.39. The van der Waals surface area contributed by atoms with E-state index < -0.39 is 0 Å². The average molecular weight is 292 g/mol. The number of rotatable bonds is 2. The van der Waals surface area contributed by atoms with Crippen molar-refractivity contribution in [3.8, 4) is 11.3 Å². The summed E-state index contributed by atoms with van der Waals surface area (Å²) in [5.74, 6) is 0.350. The molecule has 0 amide bonds. The van der Waals surface area contributed by atoms with Gasteiger partial charge in [0.05, 0.1) is 9.81 Å². The molecule has 1 aromatic heterocycles. The van der Waals surface area contributed by atoms with Crippen molar-refractivity contribution in [2.75, 3.05) is 0 Å². The summed E-state index contributed by atoms with van der Waals surface area (Å²) in [6.45, 7) is 10.3. The molecule has 2 aromatic carbocycles. The molecular formula is C21H23N. The van der Waals surface area contributed by atoms with Crippen LogP contribution in [0.1, 0.15) is 46.1 Å². The molecule has 3 rings (SSSR count). The Hall–Kier alpha value is -2.15. The van der Waals surface area contributed by atoms with E-state index in [1.54, 1.807) is 0 Å². The lowest BCUT2D eigenvalue weighted by molar-refractivity contribution is 0.859. The Bertz CT molecular complexity index is 991. The van der Waals surface area contributed by atoms with Gasteiger partial charge in [0.1, 0.15) is 0 Å². The van der Waals surface area contributed by atoms with Crippen LogP contribution < -0.4 is 0 Å². The first-order chi connectivity index (χ1) is 11.7. The zero-order chi connectivity index (χ0) is 18.5. The fourth-order valence-electron chi connectivity index (χ4n) is 3.08. The first kappa shape index (κ1) is 11.4. The van der Waals surface area contributed by atoms with Crippen molar-refractivity contribution in [2.24, 2.45) is 0 Å². The molecule has 0 aliphatic rings. The number of aryl methyl sites for hydroxylation is 3. The maximum Gasteiger partial charge on any atom is 0.0840 e. The number of pyridine rings is 1. The van der Waals surface area contributed by atoms with Gasteiger partial charge in [-0.25, -0.2) is 0 Å². The van der Waals surface area contributed by atoms with Crippen LogP contribution in [0.2, 0.25) is 0 Å². The van der Waals surface area contributed by atoms with Gasteiger partial charge in [-0.2, -0.15) is 0 Å². The largest absolute Gasteiger partial charge is 0.256 e. The van der Waals surface area contributed by atoms with Gasteiger partial charge in [-0.05, 0) is 67.4 Å². The van der Waals surface area contributed by atoms with Crippen molar-refractivity contribution in [1.82, 2.24) is 4.98 Å². The molecule has 0 N–H and O–H groups in total. The third-order valence-corrected chi connectivity index (χ3v) is 4.04. The van der Waals surface area contributed by atoms with Gasteiger partial charge in [0.25, 0.3) is 0 Å². The predicted octanol–water partition coefficient (Wildman–Crippen LogP) is 5.95. The van der Waals surface area contributed by atoms with Crippen LogP contribution in [0.5, 0.6) is 0 Å². The molecule has 0 aliphatic heterocycles. The third kappa shape index (κ3) is 2.64. The maximum absolute atomic E-state index is 8.44. The van der Waals surface area contributed by atoms with Gasteiger partial charge in [-0.3, -0.25) is 4.98 Å². The molecule has 0 unspecified atom stereocenters. The van der Waals surface area contributed by atoms with E-state index in [0.717, 1.165) is 33.0 Å². The lowest BCUT2D eigenvalue weighted by atomic mass is 9.92. The lowest BCUT2D eigenvalue weighted by Crippen LogP contribution is -1.94. The maximum atomic E-state index is 8.44. The van der Waals surface area contributed by atoms with Gasteiger partial charge in [0.2, 0.25) is 0 Å². The molecule has 0 bridgehead atoms. The SMILES string of the molecule is [2H]c1nc(-c2cc(C)cc(C)c2[2H])c2cc(C)c(C(C)C)cc2c1[2H]. The van der Waals surface area contributed by atoms with Gasteiger partial charge < -0.3 is 0 Å². The second-order valence-electron chi connectivity index (χ2n) is 6.36. The molecule has 1 heteroatoms. The number of aromatic nitrogens is 1. The third-order valence-electron chi connectivity index (χ3n) is 4.04. The summed E-state index contributed by atoms with van der Waals surface area (Å²) in [6.07, 6.45) is -0.0420. The second-order valence-corrected chi connectivity index (χ2v) is 6.36. The van der Waals surface area contributed by atoms with E-state index in [0.29, 0.717) is 17.7 Å². The van der Waals surface area contributed by atoms with Gasteiger partial charge in [0.15, 0.2) is 0 Å². The van der Waals surface area contributed by atoms with Crippen LogP contribution in [0.15, 0.2) is 42.5 Å². The Morgan fingerprint density at radius 2 is 1.77 bits per heavy atom. The van der Waals surface area contributed by atoms with Crippen molar-refractivity contribution >= 4 is 10.8 Å². The fourth-order valence-corrected chi connectivity index (χ4v) is 3.08. The van der Waals surface area contributed by atoms with Crippen LogP contribution in [-0.2, 0) is 0 Å². The second kappa shape index (κ2) is 5.57. The normalized spacial score (nSPS) is 13.3. The molecule has 0 radical (unpaired) electrons. The fraction of sp³-hybridized carbons (Fsp3) is 0.286. The highest BCUT2D eigenvalue weighted by Gasteiger charge is 2.10. The standard InChI is InChI=1S/C21H23N/c1-13(2)19-12-17-6-7-22-21(20(17)11-16(19)5)18-9-14(3)8-15(4)10-18/h6-13H,1-5H3/i6D,7D,9D. The summed E-state index contributed by atoms with van der Waals surface area (Å²) < 4.78 is 24.9. The summed E-state index contributed by atoms with van der Waals surface area (Å²) in [6, 6.07) is 8.59. The van der Waals surface area contributed by atoms with Crippen LogP contribution >= 0.6 is 0 Å². The highest BCUT2D eigenvalue weighted by Crippen LogP contribution is 2.31. The van der Waals surface area contributed by atoms with E-state index in [4.69, 9.17) is 4.11 Å². The van der Waals surface area contributed by atoms with Crippen molar-refractivity contribution in [2.45, 2.75) is 40.5 Å². The Morgan fingerprint density at radius 1 is 1.00 bits per heavy atom. The zero-order valence-corrected chi connectivity index (χ0v) is 13.8. The zero-order valence-electron chi connectivity index (χ0n) is 16.8. The Kier molecular flexibility index (Phi) is 2.89. The minimum absolute atomic E-state index is 0.0420. The van der Waals surface area contributed by atoms with E-state index in [2.05, 4.69) is 31.8 Å². The van der Waals surface area contributed by atoms with Crippen molar-refractivity contribution in [1.29, 1.82) is 0 Å². The number of fused-ring (bicyclic) bond motifs is 1. The monoisotopic (exact) mass is 292 g/mol. The van der Waals surface area contributed by atoms with E-state index in [9.17, 15) is 0 Å². The average Bonchev–Trinajstić information content (AvgIpc) is 2.53. The minimum atomic E-state index is -0.0420. The minimum Gasteiger partial charge on any atom is -0.256 e. The summed E-state index contributed by atoms with van der Waals surface area (Å²) in [5, 5.41) is 1.59. The van der Waals surface area contributed by atoms with Crippen molar-refractivity contribution < 1.29 is 4.11 Å². The number of benzene rings is 2. The highest BCUT2D eigenvalue weighted by atomic mass is 14.7. The number of nitrogens with zero attached hydrogens (tertiary/aromatic N) is 1. The summed E-state index contributed by atoms with van der Waals surface area (Å²) in [7, 11) is 0. The first-order valence-electron chi connectivity index (χ1n) is 9.20. The molecule has 0 spiro atoms. The molecule has 0 aliphatic carbocycles. The summed E-state index contributed by atoms with van der Waals surface area (Å²) in [5.41, 5.74) is 5.65. The Balaban J connectivity index is 2.45. The molecule has 0 saturated carbocycles. The van der Waals surface area contributed by atoms with E-state index >= 15 is 0 Å². The van der Waals surface area contributed by atoms with E-state index in [1.807, 2.05) is 32.0 Å². The van der Waals surface area contributed by atoms with Crippen LogP contribution in [0.4, 0.5) is 0 Å². The van der Waals surface area contributed by atoms with E-state index in [1.165, 1.54) is 5.56 Å². The Labute approximate surface area is 137 Å². The number of hydrogen-bond acceptors (Lipinski definition) is 1.